The van der Waals surface area contributed by atoms with Gasteiger partial charge in [0.25, 0.3) is 0 Å². The van der Waals surface area contributed by atoms with Crippen LogP contribution < -0.4 is 14.4 Å². The van der Waals surface area contributed by atoms with Crippen LogP contribution >= 0.6 is 0 Å². The number of nitriles is 1. The molecule has 2 aromatic carbocycles. The Balaban J connectivity index is 1.36. The van der Waals surface area contributed by atoms with E-state index in [4.69, 9.17) is 9.47 Å². The zero-order chi connectivity index (χ0) is 23.3. The van der Waals surface area contributed by atoms with Gasteiger partial charge in [0, 0.05) is 24.6 Å². The average Bonchev–Trinajstić information content (AvgIpc) is 3.43. The van der Waals surface area contributed by atoms with Gasteiger partial charge in [0.05, 0.1) is 23.8 Å². The Kier molecular flexibility index (Phi) is 7.04. The second kappa shape index (κ2) is 10.5. The molecule has 1 heterocycles. The minimum atomic E-state index is 0.0936. The van der Waals surface area contributed by atoms with Crippen molar-refractivity contribution in [3.63, 3.8) is 0 Å². The Bertz CT molecular complexity index is 1050. The molecule has 5 nitrogen and oxygen atoms in total. The normalized spacial score (nSPS) is 21.9. The molecule has 0 bridgehead atoms. The van der Waals surface area contributed by atoms with Gasteiger partial charge >= 0.3 is 0 Å². The Labute approximate surface area is 202 Å². The zero-order valence-corrected chi connectivity index (χ0v) is 19.9. The zero-order valence-electron chi connectivity index (χ0n) is 19.9. The number of ether oxygens (including phenoxy) is 2. The molecule has 178 valence electrons. The molecule has 2 aliphatic carbocycles. The van der Waals surface area contributed by atoms with E-state index < -0.39 is 0 Å². The molecule has 0 radical (unpaired) electrons. The molecule has 5 rings (SSSR count). The average molecular weight is 459 g/mol. The monoisotopic (exact) mass is 458 g/mol. The molecule has 1 aliphatic heterocycles. The van der Waals surface area contributed by atoms with Gasteiger partial charge in [-0.3, -0.25) is 4.79 Å². The van der Waals surface area contributed by atoms with E-state index in [0.29, 0.717) is 18.5 Å². The van der Waals surface area contributed by atoms with Gasteiger partial charge in [-0.25, -0.2) is 0 Å². The number of benzene rings is 2. The highest BCUT2D eigenvalue weighted by molar-refractivity contribution is 5.96. The maximum atomic E-state index is 12.9. The summed E-state index contributed by atoms with van der Waals surface area (Å²) in [5.74, 6) is 1.88. The third kappa shape index (κ3) is 5.22. The first-order valence-electron chi connectivity index (χ1n) is 13.0. The molecule has 1 saturated heterocycles. The van der Waals surface area contributed by atoms with Crippen molar-refractivity contribution in [3.8, 4) is 17.6 Å². The van der Waals surface area contributed by atoms with Crippen LogP contribution in [0.1, 0.15) is 87.7 Å². The standard InChI is InChI=1S/C29H34N2O3/c30-19-21-8-7-9-24(16-21)31-20-23(18-29(31)32)22-14-15-27(33-25-10-3-1-2-4-11-25)28(17-22)34-26-12-5-6-13-26/h7-9,14-17,23,25-26H,1-6,10-13,18,20H2/t23-/m1/s1. The maximum Gasteiger partial charge on any atom is 0.227 e. The van der Waals surface area contributed by atoms with E-state index in [0.717, 1.165) is 48.4 Å². The SMILES string of the molecule is N#Cc1cccc(N2C[C@H](c3ccc(OC4CCCCCC4)c(OC4CCCC4)c3)CC2=O)c1. The summed E-state index contributed by atoms with van der Waals surface area (Å²) in [4.78, 5) is 14.7. The van der Waals surface area contributed by atoms with Crippen molar-refractivity contribution in [1.29, 1.82) is 5.26 Å². The number of carbonyl (C=O) groups excluding carboxylic acids is 1. The summed E-state index contributed by atoms with van der Waals surface area (Å²) in [5, 5.41) is 9.23. The minimum absolute atomic E-state index is 0.0936. The van der Waals surface area contributed by atoms with E-state index in [1.807, 2.05) is 12.1 Å². The van der Waals surface area contributed by atoms with Gasteiger partial charge in [0.1, 0.15) is 0 Å². The van der Waals surface area contributed by atoms with Crippen molar-refractivity contribution in [3.05, 3.63) is 53.6 Å². The molecule has 1 atom stereocenters. The second-order valence-electron chi connectivity index (χ2n) is 10.0. The number of amides is 1. The Morgan fingerprint density at radius 2 is 1.50 bits per heavy atom. The number of rotatable bonds is 6. The lowest BCUT2D eigenvalue weighted by atomic mass is 9.97. The first kappa shape index (κ1) is 22.8. The summed E-state index contributed by atoms with van der Waals surface area (Å²) >= 11 is 0. The number of nitrogens with zero attached hydrogens (tertiary/aromatic N) is 2. The lowest BCUT2D eigenvalue weighted by Crippen LogP contribution is -2.24. The molecular weight excluding hydrogens is 424 g/mol. The van der Waals surface area contributed by atoms with Crippen LogP contribution in [0.3, 0.4) is 0 Å². The highest BCUT2D eigenvalue weighted by atomic mass is 16.5. The first-order valence-corrected chi connectivity index (χ1v) is 13.0. The van der Waals surface area contributed by atoms with Gasteiger partial charge in [-0.1, -0.05) is 25.0 Å². The fourth-order valence-electron chi connectivity index (χ4n) is 5.62. The van der Waals surface area contributed by atoms with Crippen LogP contribution in [-0.2, 0) is 4.79 Å². The van der Waals surface area contributed by atoms with E-state index in [9.17, 15) is 10.1 Å². The number of hydrogen-bond acceptors (Lipinski definition) is 4. The van der Waals surface area contributed by atoms with E-state index >= 15 is 0 Å². The Morgan fingerprint density at radius 3 is 2.21 bits per heavy atom. The number of carbonyl (C=O) groups is 1. The lowest BCUT2D eigenvalue weighted by Gasteiger charge is -2.23. The van der Waals surface area contributed by atoms with Crippen molar-refractivity contribution in [1.82, 2.24) is 0 Å². The van der Waals surface area contributed by atoms with E-state index in [1.54, 1.807) is 17.0 Å². The summed E-state index contributed by atoms with van der Waals surface area (Å²) in [6.45, 7) is 0.611. The molecule has 0 aromatic heterocycles. The Hall–Kier alpha value is -3.00. The van der Waals surface area contributed by atoms with E-state index in [2.05, 4.69) is 24.3 Å². The fraction of sp³-hybridized carbons (Fsp3) is 0.517. The fourth-order valence-corrected chi connectivity index (χ4v) is 5.62. The molecule has 34 heavy (non-hydrogen) atoms. The Morgan fingerprint density at radius 1 is 0.824 bits per heavy atom. The second-order valence-corrected chi connectivity index (χ2v) is 10.0. The van der Waals surface area contributed by atoms with Crippen molar-refractivity contribution in [2.24, 2.45) is 0 Å². The molecule has 2 aromatic rings. The maximum absolute atomic E-state index is 12.9. The topological polar surface area (TPSA) is 62.6 Å². The number of anilines is 1. The van der Waals surface area contributed by atoms with Crippen LogP contribution in [0, 0.1) is 11.3 Å². The van der Waals surface area contributed by atoms with Crippen molar-refractivity contribution in [2.75, 3.05) is 11.4 Å². The molecule has 3 aliphatic rings. The van der Waals surface area contributed by atoms with Crippen LogP contribution in [0.2, 0.25) is 0 Å². The van der Waals surface area contributed by atoms with Gasteiger partial charge in [-0.15, -0.1) is 0 Å². The molecular formula is C29H34N2O3. The van der Waals surface area contributed by atoms with Crippen molar-refractivity contribution >= 4 is 11.6 Å². The predicted octanol–water partition coefficient (Wildman–Crippen LogP) is 6.50. The van der Waals surface area contributed by atoms with Gasteiger partial charge in [0.15, 0.2) is 11.5 Å². The van der Waals surface area contributed by atoms with Crippen LogP contribution in [0.5, 0.6) is 11.5 Å². The first-order chi connectivity index (χ1) is 16.7. The van der Waals surface area contributed by atoms with Gasteiger partial charge < -0.3 is 14.4 Å². The van der Waals surface area contributed by atoms with Crippen LogP contribution in [0.4, 0.5) is 5.69 Å². The van der Waals surface area contributed by atoms with E-state index in [1.165, 1.54) is 38.5 Å². The number of hydrogen-bond donors (Lipinski definition) is 0. The van der Waals surface area contributed by atoms with Crippen molar-refractivity contribution < 1.29 is 14.3 Å². The molecule has 2 saturated carbocycles. The molecule has 0 unspecified atom stereocenters. The van der Waals surface area contributed by atoms with Gasteiger partial charge in [0.2, 0.25) is 5.91 Å². The smallest absolute Gasteiger partial charge is 0.227 e. The third-order valence-electron chi connectivity index (χ3n) is 7.54. The molecule has 0 spiro atoms. The highest BCUT2D eigenvalue weighted by Gasteiger charge is 2.32. The summed E-state index contributed by atoms with van der Waals surface area (Å²) in [6, 6.07) is 15.8. The highest BCUT2D eigenvalue weighted by Crippen LogP contribution is 2.39. The van der Waals surface area contributed by atoms with Gasteiger partial charge in [-0.05, 0) is 87.3 Å². The predicted molar refractivity (Wildman–Crippen MR) is 132 cm³/mol. The lowest BCUT2D eigenvalue weighted by molar-refractivity contribution is -0.117. The van der Waals surface area contributed by atoms with Crippen LogP contribution in [0.25, 0.3) is 0 Å². The molecule has 5 heteroatoms. The largest absolute Gasteiger partial charge is 0.487 e. The van der Waals surface area contributed by atoms with Crippen LogP contribution in [0.15, 0.2) is 42.5 Å². The summed E-state index contributed by atoms with van der Waals surface area (Å²) in [6.07, 6.45) is 12.9. The molecule has 1 amide bonds. The van der Waals surface area contributed by atoms with Crippen LogP contribution in [-0.4, -0.2) is 24.7 Å². The summed E-state index contributed by atoms with van der Waals surface area (Å²) < 4.78 is 13.0. The quantitative estimate of drug-likeness (QED) is 0.464. The van der Waals surface area contributed by atoms with E-state index in [-0.39, 0.29) is 24.0 Å². The van der Waals surface area contributed by atoms with Gasteiger partial charge in [-0.2, -0.15) is 5.26 Å². The third-order valence-corrected chi connectivity index (χ3v) is 7.54. The summed E-state index contributed by atoms with van der Waals surface area (Å²) in [5.41, 5.74) is 2.48. The summed E-state index contributed by atoms with van der Waals surface area (Å²) in [7, 11) is 0. The minimum Gasteiger partial charge on any atom is -0.487 e. The molecule has 0 N–H and O–H groups in total. The van der Waals surface area contributed by atoms with Crippen molar-refractivity contribution in [2.45, 2.75) is 88.8 Å². The molecule has 3 fully saturated rings.